The summed E-state index contributed by atoms with van der Waals surface area (Å²) in [6.45, 7) is 0. The van der Waals surface area contributed by atoms with Crippen molar-refractivity contribution >= 4 is 58.3 Å². The zero-order chi connectivity index (χ0) is 15.1. The summed E-state index contributed by atoms with van der Waals surface area (Å²) in [5.74, 6) is 0. The smallest absolute Gasteiger partial charge is 0.253 e. The third kappa shape index (κ3) is 6.32. The van der Waals surface area contributed by atoms with Crippen molar-refractivity contribution in [1.29, 1.82) is 0 Å². The highest BCUT2D eigenvalue weighted by atomic mass is 35.5. The number of hydrogen-bond acceptors (Lipinski definition) is 6. The van der Waals surface area contributed by atoms with E-state index >= 15 is 0 Å². The molecule has 0 aromatic carbocycles. The van der Waals surface area contributed by atoms with Crippen LogP contribution in [-0.4, -0.2) is 32.4 Å². The van der Waals surface area contributed by atoms with Gasteiger partial charge in [0.25, 0.3) is 5.56 Å². The molecule has 2 aromatic heterocycles. The summed E-state index contributed by atoms with van der Waals surface area (Å²) >= 11 is 19.4. The number of aromatic amines is 1. The molecule has 2 aromatic rings. The van der Waals surface area contributed by atoms with E-state index in [9.17, 15) is 4.79 Å². The van der Waals surface area contributed by atoms with Crippen molar-refractivity contribution in [1.82, 2.24) is 19.9 Å². The summed E-state index contributed by atoms with van der Waals surface area (Å²) in [7, 11) is 0. The Morgan fingerprint density at radius 2 is 1.50 bits per heavy atom. The average molecular weight is 372 g/mol. The second-order valence-electron chi connectivity index (χ2n) is 3.08. The standard InChI is InChI=1S/C5H4Cl2N2S.C5H5ClN2OS/c1-10-5-8-3(6)2-4(7)9-5;1-10-5-7-3(6)2-4(9)8-5/h2H,1H3;2H,1H3,(H,7,8,9). The Kier molecular flexibility index (Phi) is 7.68. The molecule has 0 aliphatic heterocycles. The Balaban J connectivity index is 0.000000200. The van der Waals surface area contributed by atoms with Gasteiger partial charge in [0.1, 0.15) is 15.5 Å². The van der Waals surface area contributed by atoms with Crippen LogP contribution in [0.2, 0.25) is 15.5 Å². The van der Waals surface area contributed by atoms with Gasteiger partial charge in [-0.25, -0.2) is 15.0 Å². The molecule has 0 bridgehead atoms. The number of thioether (sulfide) groups is 2. The summed E-state index contributed by atoms with van der Waals surface area (Å²) in [6.07, 6.45) is 3.68. The maximum Gasteiger partial charge on any atom is 0.253 e. The summed E-state index contributed by atoms with van der Waals surface area (Å²) in [5, 5.41) is 2.12. The number of H-pyrrole nitrogens is 1. The van der Waals surface area contributed by atoms with E-state index in [0.29, 0.717) is 20.6 Å². The molecule has 0 fully saturated rings. The Hall–Kier alpha value is -0.470. The molecule has 0 aliphatic carbocycles. The van der Waals surface area contributed by atoms with Gasteiger partial charge in [-0.1, -0.05) is 58.3 Å². The van der Waals surface area contributed by atoms with E-state index < -0.39 is 0 Å². The first kappa shape index (κ1) is 17.6. The predicted molar refractivity (Wildman–Crippen MR) is 85.5 cm³/mol. The second-order valence-corrected chi connectivity index (χ2v) is 5.81. The third-order valence-electron chi connectivity index (χ3n) is 1.71. The van der Waals surface area contributed by atoms with Crippen LogP contribution >= 0.6 is 58.3 Å². The first-order valence-corrected chi connectivity index (χ1v) is 8.58. The summed E-state index contributed by atoms with van der Waals surface area (Å²) in [4.78, 5) is 24.8. The molecule has 2 heterocycles. The zero-order valence-corrected chi connectivity index (χ0v) is 14.3. The van der Waals surface area contributed by atoms with Gasteiger partial charge in [-0.3, -0.25) is 4.79 Å². The molecule has 0 spiro atoms. The molecule has 1 N–H and O–H groups in total. The number of rotatable bonds is 2. The first-order chi connectivity index (χ1) is 9.44. The molecular formula is C10H9Cl3N4OS2. The molecule has 10 heteroatoms. The minimum Gasteiger partial charge on any atom is -0.301 e. The Morgan fingerprint density at radius 3 is 1.95 bits per heavy atom. The van der Waals surface area contributed by atoms with Crippen molar-refractivity contribution in [2.45, 2.75) is 10.3 Å². The van der Waals surface area contributed by atoms with Gasteiger partial charge in [-0.15, -0.1) is 0 Å². The van der Waals surface area contributed by atoms with Crippen molar-refractivity contribution in [2.24, 2.45) is 0 Å². The number of aromatic nitrogens is 4. The van der Waals surface area contributed by atoms with Crippen LogP contribution in [0.15, 0.2) is 27.2 Å². The molecule has 0 unspecified atom stereocenters. The third-order valence-corrected chi connectivity index (χ3v) is 3.42. The van der Waals surface area contributed by atoms with Gasteiger partial charge in [0.2, 0.25) is 0 Å². The zero-order valence-electron chi connectivity index (χ0n) is 10.4. The van der Waals surface area contributed by atoms with E-state index in [1.165, 1.54) is 35.7 Å². The highest BCUT2D eigenvalue weighted by Crippen LogP contribution is 2.16. The fourth-order valence-corrected chi connectivity index (χ4v) is 2.49. The summed E-state index contributed by atoms with van der Waals surface area (Å²) in [5.41, 5.74) is -0.218. The topological polar surface area (TPSA) is 71.5 Å². The number of nitrogens with zero attached hydrogens (tertiary/aromatic N) is 3. The fourth-order valence-electron chi connectivity index (χ4n) is 0.965. The lowest BCUT2D eigenvalue weighted by Gasteiger charge is -1.94. The largest absolute Gasteiger partial charge is 0.301 e. The summed E-state index contributed by atoms with van der Waals surface area (Å²) < 4.78 is 0. The van der Waals surface area contributed by atoms with Crippen LogP contribution < -0.4 is 5.56 Å². The first-order valence-electron chi connectivity index (χ1n) is 4.99. The van der Waals surface area contributed by atoms with Crippen molar-refractivity contribution < 1.29 is 0 Å². The molecule has 0 saturated carbocycles. The van der Waals surface area contributed by atoms with Crippen LogP contribution in [0.25, 0.3) is 0 Å². The van der Waals surface area contributed by atoms with Gasteiger partial charge >= 0.3 is 0 Å². The maximum atomic E-state index is 10.7. The minimum absolute atomic E-state index is 0.218. The lowest BCUT2D eigenvalue weighted by Crippen LogP contribution is -2.05. The Morgan fingerprint density at radius 1 is 0.950 bits per heavy atom. The normalized spacial score (nSPS) is 9.85. The van der Waals surface area contributed by atoms with Crippen molar-refractivity contribution in [3.8, 4) is 0 Å². The number of hydrogen-bond donors (Lipinski definition) is 1. The van der Waals surface area contributed by atoms with Crippen LogP contribution in [0.1, 0.15) is 0 Å². The molecule has 108 valence electrons. The van der Waals surface area contributed by atoms with E-state index in [4.69, 9.17) is 34.8 Å². The maximum absolute atomic E-state index is 10.7. The quantitative estimate of drug-likeness (QED) is 0.493. The van der Waals surface area contributed by atoms with Gasteiger partial charge in [0, 0.05) is 12.1 Å². The van der Waals surface area contributed by atoms with Crippen LogP contribution in [0.4, 0.5) is 0 Å². The monoisotopic (exact) mass is 370 g/mol. The molecule has 0 amide bonds. The van der Waals surface area contributed by atoms with Crippen LogP contribution in [0.3, 0.4) is 0 Å². The minimum atomic E-state index is -0.218. The van der Waals surface area contributed by atoms with E-state index in [1.54, 1.807) is 0 Å². The van der Waals surface area contributed by atoms with Crippen LogP contribution in [-0.2, 0) is 0 Å². The van der Waals surface area contributed by atoms with Gasteiger partial charge in [-0.05, 0) is 12.5 Å². The Bertz CT molecular complexity index is 618. The molecule has 0 radical (unpaired) electrons. The predicted octanol–water partition coefficient (Wildman–Crippen LogP) is 3.65. The average Bonchev–Trinajstić information content (AvgIpc) is 2.37. The van der Waals surface area contributed by atoms with Crippen LogP contribution in [0.5, 0.6) is 0 Å². The lowest BCUT2D eigenvalue weighted by atomic mass is 10.7. The Labute approximate surface area is 138 Å². The van der Waals surface area contributed by atoms with Crippen LogP contribution in [0, 0.1) is 0 Å². The van der Waals surface area contributed by atoms with Crippen molar-refractivity contribution in [2.75, 3.05) is 12.5 Å². The van der Waals surface area contributed by atoms with Gasteiger partial charge in [0.05, 0.1) is 0 Å². The van der Waals surface area contributed by atoms with E-state index in [0.717, 1.165) is 0 Å². The summed E-state index contributed by atoms with van der Waals surface area (Å²) in [6, 6.07) is 2.74. The van der Waals surface area contributed by atoms with Gasteiger partial charge in [0.15, 0.2) is 10.3 Å². The van der Waals surface area contributed by atoms with E-state index in [2.05, 4.69) is 19.9 Å². The van der Waals surface area contributed by atoms with Gasteiger partial charge < -0.3 is 4.98 Å². The molecule has 20 heavy (non-hydrogen) atoms. The molecule has 0 aliphatic rings. The highest BCUT2D eigenvalue weighted by Gasteiger charge is 1.98. The fraction of sp³-hybridized carbons (Fsp3) is 0.200. The van der Waals surface area contributed by atoms with Crippen molar-refractivity contribution in [3.05, 3.63) is 37.9 Å². The lowest BCUT2D eigenvalue weighted by molar-refractivity contribution is 0.940. The second kappa shape index (κ2) is 8.74. The number of halogens is 3. The van der Waals surface area contributed by atoms with Crippen molar-refractivity contribution in [3.63, 3.8) is 0 Å². The van der Waals surface area contributed by atoms with E-state index in [-0.39, 0.29) is 10.7 Å². The van der Waals surface area contributed by atoms with E-state index in [1.807, 2.05) is 12.5 Å². The molecule has 0 saturated heterocycles. The molecule has 0 atom stereocenters. The molecule has 5 nitrogen and oxygen atoms in total. The molecule has 2 rings (SSSR count). The highest BCUT2D eigenvalue weighted by molar-refractivity contribution is 7.98. The molecular weight excluding hydrogens is 363 g/mol. The SMILES string of the molecule is CSc1nc(Cl)cc(=O)[nH]1.CSc1nc(Cl)cc(Cl)n1. The number of nitrogens with one attached hydrogen (secondary N) is 1. The van der Waals surface area contributed by atoms with Gasteiger partial charge in [-0.2, -0.15) is 0 Å².